The molecule has 0 saturated carbocycles. The number of hydrogen-bond acceptors (Lipinski definition) is 2. The molecule has 122 valence electrons. The maximum Gasteiger partial charge on any atom is 0.217 e. The van der Waals surface area contributed by atoms with Crippen LogP contribution >= 0.6 is 0 Å². The van der Waals surface area contributed by atoms with Crippen molar-refractivity contribution in [2.75, 3.05) is 0 Å². The Morgan fingerprint density at radius 3 is 2.38 bits per heavy atom. The number of hydrogen-bond donors (Lipinski definition) is 1. The normalized spacial score (nSPS) is 10.6. The van der Waals surface area contributed by atoms with E-state index in [0.717, 1.165) is 28.1 Å². The van der Waals surface area contributed by atoms with Gasteiger partial charge in [-0.1, -0.05) is 36.4 Å². The number of nitrogens with one attached hydrogen (secondary N) is 1. The Morgan fingerprint density at radius 1 is 1.04 bits per heavy atom. The van der Waals surface area contributed by atoms with Crippen molar-refractivity contribution >= 4 is 5.91 Å². The molecule has 0 unspecified atom stereocenters. The molecular formula is C20H21N3O. The predicted octanol–water partition coefficient (Wildman–Crippen LogP) is 3.79. The maximum atomic E-state index is 11.0. The summed E-state index contributed by atoms with van der Waals surface area (Å²) in [4.78, 5) is 11.0. The van der Waals surface area contributed by atoms with Crippen molar-refractivity contribution in [2.45, 2.75) is 27.3 Å². The standard InChI is InChI=1S/C20H21N3O/c1-14-4-7-19(12-20(14)23-11-10-15(2)22-23)18-8-5-17(6-9-18)13-21-16(3)24/h4-12H,13H2,1-3H3,(H,21,24). The molecule has 1 heterocycles. The van der Waals surface area contributed by atoms with Gasteiger partial charge in [0.05, 0.1) is 11.4 Å². The molecule has 1 aromatic heterocycles. The maximum absolute atomic E-state index is 11.0. The first-order valence-corrected chi connectivity index (χ1v) is 8.00. The van der Waals surface area contributed by atoms with Crippen LogP contribution in [0.15, 0.2) is 54.7 Å². The van der Waals surface area contributed by atoms with Gasteiger partial charge in [-0.05, 0) is 48.2 Å². The Morgan fingerprint density at radius 2 is 1.75 bits per heavy atom. The third kappa shape index (κ3) is 3.54. The fourth-order valence-electron chi connectivity index (χ4n) is 2.63. The van der Waals surface area contributed by atoms with Crippen molar-refractivity contribution in [3.63, 3.8) is 0 Å². The van der Waals surface area contributed by atoms with Crippen LogP contribution in [-0.4, -0.2) is 15.7 Å². The topological polar surface area (TPSA) is 46.9 Å². The lowest BCUT2D eigenvalue weighted by atomic mass is 10.0. The zero-order chi connectivity index (χ0) is 17.1. The lowest BCUT2D eigenvalue weighted by molar-refractivity contribution is -0.119. The van der Waals surface area contributed by atoms with Gasteiger partial charge in [-0.3, -0.25) is 4.79 Å². The van der Waals surface area contributed by atoms with E-state index in [2.05, 4.69) is 47.7 Å². The van der Waals surface area contributed by atoms with Crippen LogP contribution in [0.4, 0.5) is 0 Å². The highest BCUT2D eigenvalue weighted by molar-refractivity contribution is 5.73. The smallest absolute Gasteiger partial charge is 0.217 e. The average Bonchev–Trinajstić information content (AvgIpc) is 3.00. The van der Waals surface area contributed by atoms with Crippen LogP contribution in [0.5, 0.6) is 0 Å². The molecule has 1 amide bonds. The molecule has 0 saturated heterocycles. The summed E-state index contributed by atoms with van der Waals surface area (Å²) in [7, 11) is 0. The number of aromatic nitrogens is 2. The summed E-state index contributed by atoms with van der Waals surface area (Å²) in [6, 6.07) is 16.7. The summed E-state index contributed by atoms with van der Waals surface area (Å²) in [5, 5.41) is 7.32. The van der Waals surface area contributed by atoms with Crippen LogP contribution in [0.25, 0.3) is 16.8 Å². The van der Waals surface area contributed by atoms with Gasteiger partial charge < -0.3 is 5.32 Å². The molecule has 4 nitrogen and oxygen atoms in total. The summed E-state index contributed by atoms with van der Waals surface area (Å²) in [6.45, 7) is 6.16. The first-order valence-electron chi connectivity index (χ1n) is 8.00. The number of benzene rings is 2. The number of carbonyl (C=O) groups excluding carboxylic acids is 1. The van der Waals surface area contributed by atoms with Crippen molar-refractivity contribution in [3.8, 4) is 16.8 Å². The van der Waals surface area contributed by atoms with Crippen molar-refractivity contribution in [1.82, 2.24) is 15.1 Å². The van der Waals surface area contributed by atoms with Crippen LogP contribution in [0.1, 0.15) is 23.7 Å². The predicted molar refractivity (Wildman–Crippen MR) is 96.0 cm³/mol. The van der Waals surface area contributed by atoms with E-state index >= 15 is 0 Å². The van der Waals surface area contributed by atoms with E-state index in [9.17, 15) is 4.79 Å². The average molecular weight is 319 g/mol. The Hall–Kier alpha value is -2.88. The van der Waals surface area contributed by atoms with E-state index in [0.29, 0.717) is 6.54 Å². The summed E-state index contributed by atoms with van der Waals surface area (Å²) in [5.74, 6) is -0.0169. The Balaban J connectivity index is 1.88. The van der Waals surface area contributed by atoms with Gasteiger partial charge in [0, 0.05) is 19.7 Å². The van der Waals surface area contributed by atoms with Crippen LogP contribution in [0.2, 0.25) is 0 Å². The van der Waals surface area contributed by atoms with Gasteiger partial charge >= 0.3 is 0 Å². The summed E-state index contributed by atoms with van der Waals surface area (Å²) < 4.78 is 1.92. The zero-order valence-corrected chi connectivity index (χ0v) is 14.2. The third-order valence-electron chi connectivity index (χ3n) is 4.01. The quantitative estimate of drug-likeness (QED) is 0.795. The van der Waals surface area contributed by atoms with Crippen LogP contribution in [-0.2, 0) is 11.3 Å². The molecule has 2 aromatic carbocycles. The van der Waals surface area contributed by atoms with Crippen molar-refractivity contribution in [2.24, 2.45) is 0 Å². The number of amides is 1. The van der Waals surface area contributed by atoms with Crippen molar-refractivity contribution < 1.29 is 4.79 Å². The van der Waals surface area contributed by atoms with E-state index in [1.807, 2.05) is 36.0 Å². The second-order valence-corrected chi connectivity index (χ2v) is 6.01. The highest BCUT2D eigenvalue weighted by Gasteiger charge is 2.06. The molecule has 0 aliphatic rings. The van der Waals surface area contributed by atoms with Gasteiger partial charge in [-0.2, -0.15) is 5.10 Å². The molecule has 0 fully saturated rings. The second-order valence-electron chi connectivity index (χ2n) is 6.01. The van der Waals surface area contributed by atoms with Gasteiger partial charge in [0.15, 0.2) is 0 Å². The summed E-state index contributed by atoms with van der Waals surface area (Å²) in [6.07, 6.45) is 1.98. The summed E-state index contributed by atoms with van der Waals surface area (Å²) in [5.41, 5.74) is 6.65. The minimum Gasteiger partial charge on any atom is -0.352 e. The second kappa shape index (κ2) is 6.71. The Labute approximate surface area is 142 Å². The highest BCUT2D eigenvalue weighted by Crippen LogP contribution is 2.25. The fourth-order valence-corrected chi connectivity index (χ4v) is 2.63. The molecule has 0 aliphatic carbocycles. The minimum absolute atomic E-state index is 0.0169. The summed E-state index contributed by atoms with van der Waals surface area (Å²) >= 11 is 0. The van der Waals surface area contributed by atoms with Gasteiger partial charge in [0.2, 0.25) is 5.91 Å². The van der Waals surface area contributed by atoms with E-state index in [1.165, 1.54) is 12.5 Å². The SMILES string of the molecule is CC(=O)NCc1ccc(-c2ccc(C)c(-n3ccc(C)n3)c2)cc1. The molecule has 3 rings (SSSR count). The Kier molecular flexibility index (Phi) is 4.47. The number of rotatable bonds is 4. The molecule has 1 N–H and O–H groups in total. The van der Waals surface area contributed by atoms with Gasteiger partial charge in [-0.25, -0.2) is 4.68 Å². The third-order valence-corrected chi connectivity index (χ3v) is 4.01. The van der Waals surface area contributed by atoms with Gasteiger partial charge in [0.1, 0.15) is 0 Å². The number of carbonyl (C=O) groups is 1. The van der Waals surface area contributed by atoms with Crippen LogP contribution in [0.3, 0.4) is 0 Å². The molecule has 3 aromatic rings. The first kappa shape index (κ1) is 16.0. The lowest BCUT2D eigenvalue weighted by Gasteiger charge is -2.10. The van der Waals surface area contributed by atoms with Crippen LogP contribution in [0, 0.1) is 13.8 Å². The van der Waals surface area contributed by atoms with E-state index in [4.69, 9.17) is 0 Å². The minimum atomic E-state index is -0.0169. The van der Waals surface area contributed by atoms with E-state index < -0.39 is 0 Å². The number of nitrogens with zero attached hydrogens (tertiary/aromatic N) is 2. The molecule has 4 heteroatoms. The van der Waals surface area contributed by atoms with Crippen molar-refractivity contribution in [1.29, 1.82) is 0 Å². The molecule has 0 aliphatic heterocycles. The molecule has 0 bridgehead atoms. The fraction of sp³-hybridized carbons (Fsp3) is 0.200. The highest BCUT2D eigenvalue weighted by atomic mass is 16.1. The lowest BCUT2D eigenvalue weighted by Crippen LogP contribution is -2.18. The largest absolute Gasteiger partial charge is 0.352 e. The van der Waals surface area contributed by atoms with Crippen molar-refractivity contribution in [3.05, 3.63) is 71.5 Å². The molecule has 0 spiro atoms. The molecule has 24 heavy (non-hydrogen) atoms. The van der Waals surface area contributed by atoms with Gasteiger partial charge in [-0.15, -0.1) is 0 Å². The molecule has 0 atom stereocenters. The van der Waals surface area contributed by atoms with Crippen LogP contribution < -0.4 is 5.32 Å². The monoisotopic (exact) mass is 319 g/mol. The van der Waals surface area contributed by atoms with E-state index in [1.54, 1.807) is 0 Å². The zero-order valence-electron chi connectivity index (χ0n) is 14.2. The first-order chi connectivity index (χ1) is 11.5. The molecule has 0 radical (unpaired) electrons. The molecular weight excluding hydrogens is 298 g/mol. The number of aryl methyl sites for hydroxylation is 2. The van der Waals surface area contributed by atoms with Gasteiger partial charge in [0.25, 0.3) is 0 Å². The van der Waals surface area contributed by atoms with E-state index in [-0.39, 0.29) is 5.91 Å². The Bertz CT molecular complexity index is 863.